The fraction of sp³-hybridized carbons (Fsp3) is 0.0455. The lowest BCUT2D eigenvalue weighted by Gasteiger charge is -2.19. The number of hydrogen-bond acceptors (Lipinski definition) is 4. The second-order valence-electron chi connectivity index (χ2n) is 6.59. The van der Waals surface area contributed by atoms with Gasteiger partial charge < -0.3 is 5.32 Å². The summed E-state index contributed by atoms with van der Waals surface area (Å²) in [5, 5.41) is 2.84. The Labute approximate surface area is 196 Å². The number of halogens is 2. The van der Waals surface area contributed by atoms with Gasteiger partial charge in [0.05, 0.1) is 21.2 Å². The maximum absolute atomic E-state index is 13.1. The van der Waals surface area contributed by atoms with E-state index in [0.717, 1.165) is 14.5 Å². The van der Waals surface area contributed by atoms with Crippen LogP contribution in [-0.4, -0.2) is 14.3 Å². The van der Waals surface area contributed by atoms with Gasteiger partial charge in [0, 0.05) is 13.8 Å². The van der Waals surface area contributed by atoms with Crippen molar-refractivity contribution in [3.8, 4) is 0 Å². The highest BCUT2D eigenvalue weighted by Gasteiger charge is 2.25. The molecule has 0 aliphatic carbocycles. The maximum Gasteiger partial charge on any atom is 0.262 e. The molecule has 0 spiro atoms. The number of fused-ring (bicyclic) bond motifs is 1. The summed E-state index contributed by atoms with van der Waals surface area (Å²) in [7, 11) is -3.59. The zero-order valence-electron chi connectivity index (χ0n) is 15.4. The van der Waals surface area contributed by atoms with Crippen LogP contribution in [0.25, 0.3) is 6.08 Å². The molecule has 0 aromatic heterocycles. The zero-order valence-corrected chi connectivity index (χ0v) is 20.2. The summed E-state index contributed by atoms with van der Waals surface area (Å²) in [5.74, 6) is -0.346. The lowest BCUT2D eigenvalue weighted by Crippen LogP contribution is -2.17. The number of benzene rings is 3. The van der Waals surface area contributed by atoms with E-state index in [1.807, 2.05) is 48.5 Å². The van der Waals surface area contributed by atoms with E-state index >= 15 is 0 Å². The monoisotopic (exact) mass is 563 g/mol. The molecule has 0 saturated heterocycles. The molecule has 4 nitrogen and oxygen atoms in total. The summed E-state index contributed by atoms with van der Waals surface area (Å²) < 4.78 is 27.6. The summed E-state index contributed by atoms with van der Waals surface area (Å²) >= 11 is 8.12. The molecule has 152 valence electrons. The molecule has 1 heterocycles. The Bertz CT molecular complexity index is 1250. The van der Waals surface area contributed by atoms with E-state index in [9.17, 15) is 13.2 Å². The van der Waals surface area contributed by atoms with E-state index in [-0.39, 0.29) is 16.6 Å². The van der Waals surface area contributed by atoms with Crippen LogP contribution in [0.2, 0.25) is 0 Å². The van der Waals surface area contributed by atoms with Gasteiger partial charge in [0.1, 0.15) is 0 Å². The molecule has 0 atom stereocenters. The largest absolute Gasteiger partial charge is 0.320 e. The molecule has 0 unspecified atom stereocenters. The van der Waals surface area contributed by atoms with Crippen molar-refractivity contribution in [2.45, 2.75) is 15.5 Å². The number of anilines is 1. The van der Waals surface area contributed by atoms with Crippen LogP contribution in [0.1, 0.15) is 11.1 Å². The van der Waals surface area contributed by atoms with Crippen molar-refractivity contribution >= 4 is 71.1 Å². The van der Waals surface area contributed by atoms with Gasteiger partial charge in [0.15, 0.2) is 9.84 Å². The minimum atomic E-state index is -3.59. The van der Waals surface area contributed by atoms with Crippen LogP contribution >= 0.6 is 43.6 Å². The molecule has 3 aromatic carbocycles. The number of amides is 1. The van der Waals surface area contributed by atoms with Gasteiger partial charge in [-0.05, 0) is 47.5 Å². The minimum Gasteiger partial charge on any atom is -0.320 e. The number of carbonyl (C=O) groups is 1. The molecule has 0 bridgehead atoms. The highest BCUT2D eigenvalue weighted by molar-refractivity contribution is 9.11. The third-order valence-corrected chi connectivity index (χ3v) is 8.71. The average Bonchev–Trinajstić information content (AvgIpc) is 2.72. The predicted molar refractivity (Wildman–Crippen MR) is 128 cm³/mol. The lowest BCUT2D eigenvalue weighted by atomic mass is 10.2. The van der Waals surface area contributed by atoms with Crippen molar-refractivity contribution in [1.29, 1.82) is 0 Å². The van der Waals surface area contributed by atoms with E-state index in [1.54, 1.807) is 18.2 Å². The minimum absolute atomic E-state index is 0.141. The first-order valence-electron chi connectivity index (χ1n) is 8.89. The molecule has 0 fully saturated rings. The summed E-state index contributed by atoms with van der Waals surface area (Å²) in [6, 6.07) is 19.8. The van der Waals surface area contributed by atoms with Gasteiger partial charge in [0.25, 0.3) is 5.91 Å². The molecule has 8 heteroatoms. The first kappa shape index (κ1) is 21.4. The number of thioether (sulfide) groups is 1. The number of rotatable bonds is 4. The molecule has 4 rings (SSSR count). The normalized spacial score (nSPS) is 15.0. The predicted octanol–water partition coefficient (Wildman–Crippen LogP) is 6.27. The quantitative estimate of drug-likeness (QED) is 0.379. The molecule has 0 radical (unpaired) electrons. The van der Waals surface area contributed by atoms with Crippen LogP contribution < -0.4 is 5.32 Å². The van der Waals surface area contributed by atoms with Crippen molar-refractivity contribution < 1.29 is 13.2 Å². The average molecular weight is 565 g/mol. The second-order valence-corrected chi connectivity index (χ2v) is 11.4. The van der Waals surface area contributed by atoms with Gasteiger partial charge in [-0.1, -0.05) is 80.0 Å². The highest BCUT2D eigenvalue weighted by Crippen LogP contribution is 2.40. The van der Waals surface area contributed by atoms with Crippen LogP contribution in [0.5, 0.6) is 0 Å². The van der Waals surface area contributed by atoms with Crippen molar-refractivity contribution in [3.63, 3.8) is 0 Å². The fourth-order valence-corrected chi connectivity index (χ4v) is 7.12. The van der Waals surface area contributed by atoms with Gasteiger partial charge >= 0.3 is 0 Å². The second kappa shape index (κ2) is 8.70. The smallest absolute Gasteiger partial charge is 0.262 e. The van der Waals surface area contributed by atoms with Crippen LogP contribution in [0.3, 0.4) is 0 Å². The van der Waals surface area contributed by atoms with Gasteiger partial charge in [-0.15, -0.1) is 0 Å². The number of sulfone groups is 1. The molecule has 1 aliphatic heterocycles. The lowest BCUT2D eigenvalue weighted by molar-refractivity contribution is -0.112. The molecule has 3 aromatic rings. The third-order valence-electron chi connectivity index (χ3n) is 4.50. The van der Waals surface area contributed by atoms with Crippen molar-refractivity contribution in [2.75, 3.05) is 5.32 Å². The first-order chi connectivity index (χ1) is 14.3. The van der Waals surface area contributed by atoms with Crippen LogP contribution in [-0.2, 0) is 20.4 Å². The maximum atomic E-state index is 13.1. The molecule has 1 N–H and O–H groups in total. The van der Waals surface area contributed by atoms with Gasteiger partial charge in [-0.2, -0.15) is 0 Å². The van der Waals surface area contributed by atoms with Crippen LogP contribution in [0, 0.1) is 0 Å². The number of nitrogens with one attached hydrogen (secondary N) is 1. The van der Waals surface area contributed by atoms with E-state index in [0.29, 0.717) is 21.1 Å². The molecule has 1 amide bonds. The van der Waals surface area contributed by atoms with Gasteiger partial charge in [-0.25, -0.2) is 8.42 Å². The standard InChI is InChI=1S/C22H15Br2NO3S2/c23-17-7-4-8-18(24)16(17)13-30(27,28)15-9-10-19-20(12-15)29-21(22(26)25-19)11-14-5-2-1-3-6-14/h1-12H,13H2,(H,25,26). The van der Waals surface area contributed by atoms with Crippen molar-refractivity contribution in [3.05, 3.63) is 91.7 Å². The number of hydrogen-bond donors (Lipinski definition) is 1. The molecule has 1 aliphatic rings. The van der Waals surface area contributed by atoms with Gasteiger partial charge in [0.2, 0.25) is 0 Å². The van der Waals surface area contributed by atoms with Crippen molar-refractivity contribution in [1.82, 2.24) is 0 Å². The summed E-state index contributed by atoms with van der Waals surface area (Å²) in [5.41, 5.74) is 2.18. The molecule has 30 heavy (non-hydrogen) atoms. The van der Waals surface area contributed by atoms with Crippen molar-refractivity contribution in [2.24, 2.45) is 0 Å². The summed E-state index contributed by atoms with van der Waals surface area (Å²) in [4.78, 5) is 13.9. The Balaban J connectivity index is 1.66. The van der Waals surface area contributed by atoms with Gasteiger partial charge in [-0.3, -0.25) is 4.79 Å². The van der Waals surface area contributed by atoms with E-state index in [4.69, 9.17) is 0 Å². The fourth-order valence-electron chi connectivity index (χ4n) is 2.97. The Hall–Kier alpha value is -1.87. The highest BCUT2D eigenvalue weighted by atomic mass is 79.9. The van der Waals surface area contributed by atoms with Crippen LogP contribution in [0.4, 0.5) is 5.69 Å². The van der Waals surface area contributed by atoms with Crippen LogP contribution in [0.15, 0.2) is 90.4 Å². The Morgan fingerprint density at radius 3 is 2.33 bits per heavy atom. The molecular weight excluding hydrogens is 550 g/mol. The van der Waals surface area contributed by atoms with E-state index in [1.165, 1.54) is 17.8 Å². The summed E-state index contributed by atoms with van der Waals surface area (Å²) in [6.45, 7) is 0. The zero-order chi connectivity index (χ0) is 21.3. The van der Waals surface area contributed by atoms with E-state index < -0.39 is 9.84 Å². The Morgan fingerprint density at radius 1 is 0.933 bits per heavy atom. The Kier molecular flexibility index (Phi) is 6.20. The topological polar surface area (TPSA) is 63.2 Å². The Morgan fingerprint density at radius 2 is 1.63 bits per heavy atom. The molecule has 0 saturated carbocycles. The molecular formula is C22H15Br2NO3S2. The SMILES string of the molecule is O=C1Nc2ccc(S(=O)(=O)Cc3c(Br)cccc3Br)cc2SC1=Cc1ccccc1. The van der Waals surface area contributed by atoms with E-state index in [2.05, 4.69) is 37.2 Å². The first-order valence-corrected chi connectivity index (χ1v) is 12.9. The summed E-state index contributed by atoms with van der Waals surface area (Å²) in [6.07, 6.45) is 1.79. The third kappa shape index (κ3) is 4.56. The number of carbonyl (C=O) groups excluding carboxylic acids is 1.